The molecule has 1 heterocycles. The molecular formula is C14H18N3O+. The van der Waals surface area contributed by atoms with Gasteiger partial charge in [-0.05, 0) is 5.56 Å². The molecule has 2 rings (SSSR count). The Morgan fingerprint density at radius 1 is 1.28 bits per heavy atom. The first-order valence-electron chi connectivity index (χ1n) is 6.21. The highest BCUT2D eigenvalue weighted by molar-refractivity contribution is 5.78. The number of hydrogen-bond donors (Lipinski definition) is 2. The van der Waals surface area contributed by atoms with E-state index in [0.717, 1.165) is 25.1 Å². The Labute approximate surface area is 107 Å². The number of carbonyl (C=O) groups is 1. The van der Waals surface area contributed by atoms with Crippen molar-refractivity contribution in [3.8, 4) is 0 Å². The van der Waals surface area contributed by atoms with E-state index in [1.54, 1.807) is 6.20 Å². The zero-order valence-electron chi connectivity index (χ0n) is 10.3. The monoisotopic (exact) mass is 244 g/mol. The zero-order chi connectivity index (χ0) is 12.6. The zero-order valence-corrected chi connectivity index (χ0v) is 10.3. The van der Waals surface area contributed by atoms with Crippen LogP contribution in [0.1, 0.15) is 12.0 Å². The van der Waals surface area contributed by atoms with E-state index in [4.69, 9.17) is 0 Å². The first-order valence-corrected chi connectivity index (χ1v) is 6.21. The highest BCUT2D eigenvalue weighted by atomic mass is 16.1. The van der Waals surface area contributed by atoms with Gasteiger partial charge in [0.15, 0.2) is 6.34 Å². The molecule has 0 aliphatic carbocycles. The summed E-state index contributed by atoms with van der Waals surface area (Å²) in [6.45, 7) is 1.68. The summed E-state index contributed by atoms with van der Waals surface area (Å²) in [4.78, 5) is 16.9. The summed E-state index contributed by atoms with van der Waals surface area (Å²) in [6, 6.07) is 9.79. The van der Waals surface area contributed by atoms with Gasteiger partial charge in [-0.25, -0.2) is 4.99 Å². The molecule has 1 aliphatic rings. The maximum absolute atomic E-state index is 11.7. The van der Waals surface area contributed by atoms with Gasteiger partial charge in [-0.2, -0.15) is 0 Å². The lowest BCUT2D eigenvalue weighted by Crippen LogP contribution is -3.05. The quantitative estimate of drug-likeness (QED) is 0.687. The standard InChI is InChI=1S/C14H17N3O/c18-14(11-13-5-2-1-3-6-13)16-7-4-9-17-10-8-15-12-17/h1-3,5-6,8,10,12H,4,7,9,11H2,(H,16,18)/p+1. The van der Waals surface area contributed by atoms with Crippen LogP contribution in [0.5, 0.6) is 0 Å². The minimum atomic E-state index is 0.0850. The summed E-state index contributed by atoms with van der Waals surface area (Å²) in [6.07, 6.45) is 7.08. The van der Waals surface area contributed by atoms with Gasteiger partial charge in [-0.3, -0.25) is 9.69 Å². The number of hydrogen-bond acceptors (Lipinski definition) is 2. The summed E-state index contributed by atoms with van der Waals surface area (Å²) in [7, 11) is 0. The molecule has 1 atom stereocenters. The highest BCUT2D eigenvalue weighted by Gasteiger charge is 2.06. The lowest BCUT2D eigenvalue weighted by molar-refractivity contribution is -0.736. The molecule has 0 spiro atoms. The van der Waals surface area contributed by atoms with Crippen LogP contribution in [0.2, 0.25) is 0 Å². The summed E-state index contributed by atoms with van der Waals surface area (Å²) < 4.78 is 0. The van der Waals surface area contributed by atoms with Crippen molar-refractivity contribution < 1.29 is 9.69 Å². The minimum Gasteiger partial charge on any atom is -0.356 e. The molecule has 4 heteroatoms. The van der Waals surface area contributed by atoms with Crippen LogP contribution in [-0.2, 0) is 11.2 Å². The predicted octanol–water partition coefficient (Wildman–Crippen LogP) is 0.133. The van der Waals surface area contributed by atoms with Gasteiger partial charge < -0.3 is 5.32 Å². The molecule has 0 aromatic heterocycles. The molecule has 1 aromatic rings. The number of quaternary nitrogens is 1. The molecule has 1 unspecified atom stereocenters. The third-order valence-electron chi connectivity index (χ3n) is 2.79. The molecule has 18 heavy (non-hydrogen) atoms. The van der Waals surface area contributed by atoms with Gasteiger partial charge in [0.2, 0.25) is 5.91 Å². The maximum atomic E-state index is 11.7. The number of aliphatic imine (C=N–C) groups is 1. The fourth-order valence-corrected chi connectivity index (χ4v) is 1.83. The van der Waals surface area contributed by atoms with Crippen molar-refractivity contribution in [2.45, 2.75) is 12.8 Å². The van der Waals surface area contributed by atoms with E-state index >= 15 is 0 Å². The second-order valence-electron chi connectivity index (χ2n) is 4.28. The van der Waals surface area contributed by atoms with Crippen LogP contribution in [-0.4, -0.2) is 25.3 Å². The summed E-state index contributed by atoms with van der Waals surface area (Å²) >= 11 is 0. The molecule has 94 valence electrons. The Bertz CT molecular complexity index is 428. The summed E-state index contributed by atoms with van der Waals surface area (Å²) in [5.41, 5.74) is 1.05. The van der Waals surface area contributed by atoms with Crippen LogP contribution < -0.4 is 10.2 Å². The van der Waals surface area contributed by atoms with Crippen LogP contribution in [0.25, 0.3) is 0 Å². The Morgan fingerprint density at radius 2 is 2.11 bits per heavy atom. The highest BCUT2D eigenvalue weighted by Crippen LogP contribution is 1.98. The molecular weight excluding hydrogens is 226 g/mol. The van der Waals surface area contributed by atoms with Crippen molar-refractivity contribution in [3.63, 3.8) is 0 Å². The van der Waals surface area contributed by atoms with Gasteiger partial charge in [0.1, 0.15) is 6.20 Å². The van der Waals surface area contributed by atoms with Gasteiger partial charge in [0.05, 0.1) is 19.2 Å². The van der Waals surface area contributed by atoms with Crippen molar-refractivity contribution in [1.29, 1.82) is 0 Å². The second-order valence-corrected chi connectivity index (χ2v) is 4.28. The predicted molar refractivity (Wildman–Crippen MR) is 71.2 cm³/mol. The first kappa shape index (κ1) is 12.5. The number of nitrogens with one attached hydrogen (secondary N) is 2. The van der Waals surface area contributed by atoms with E-state index in [0.29, 0.717) is 6.42 Å². The number of amides is 1. The van der Waals surface area contributed by atoms with Crippen molar-refractivity contribution in [1.82, 2.24) is 5.32 Å². The van der Waals surface area contributed by atoms with E-state index in [1.165, 1.54) is 4.90 Å². The summed E-state index contributed by atoms with van der Waals surface area (Å²) in [5, 5.41) is 2.93. The van der Waals surface area contributed by atoms with Crippen LogP contribution in [0.4, 0.5) is 0 Å². The molecule has 0 radical (unpaired) electrons. The van der Waals surface area contributed by atoms with Gasteiger partial charge in [0, 0.05) is 13.0 Å². The van der Waals surface area contributed by atoms with Crippen molar-refractivity contribution in [2.75, 3.05) is 13.1 Å². The van der Waals surface area contributed by atoms with E-state index in [1.807, 2.05) is 42.9 Å². The minimum absolute atomic E-state index is 0.0850. The number of benzene rings is 1. The smallest absolute Gasteiger partial charge is 0.224 e. The van der Waals surface area contributed by atoms with Crippen molar-refractivity contribution in [2.24, 2.45) is 4.99 Å². The van der Waals surface area contributed by atoms with Crippen LogP contribution in [0.3, 0.4) is 0 Å². The molecule has 1 aliphatic heterocycles. The van der Waals surface area contributed by atoms with Gasteiger partial charge in [0.25, 0.3) is 0 Å². The van der Waals surface area contributed by atoms with Crippen LogP contribution in [0, 0.1) is 0 Å². The Hall–Kier alpha value is -1.94. The topological polar surface area (TPSA) is 45.9 Å². The van der Waals surface area contributed by atoms with Gasteiger partial charge >= 0.3 is 0 Å². The average Bonchev–Trinajstić information content (AvgIpc) is 2.89. The SMILES string of the molecule is O=C(Cc1ccccc1)NCCC[NH+]1C=CN=C1. The fraction of sp³-hybridized carbons (Fsp3) is 0.286. The van der Waals surface area contributed by atoms with Gasteiger partial charge in [-0.1, -0.05) is 30.3 Å². The average molecular weight is 244 g/mol. The van der Waals surface area contributed by atoms with Crippen molar-refractivity contribution >= 4 is 12.2 Å². The molecule has 0 bridgehead atoms. The Balaban J connectivity index is 1.60. The molecule has 4 nitrogen and oxygen atoms in total. The Kier molecular flexibility index (Phi) is 4.67. The second kappa shape index (κ2) is 6.71. The van der Waals surface area contributed by atoms with E-state index in [-0.39, 0.29) is 5.91 Å². The number of nitrogens with zero attached hydrogens (tertiary/aromatic N) is 1. The van der Waals surface area contributed by atoms with E-state index in [2.05, 4.69) is 10.3 Å². The first-order chi connectivity index (χ1) is 8.84. The summed E-state index contributed by atoms with van der Waals surface area (Å²) in [5.74, 6) is 0.0850. The number of carbonyl (C=O) groups excluding carboxylic acids is 1. The third-order valence-corrected chi connectivity index (χ3v) is 2.79. The normalized spacial score (nSPS) is 17.0. The lowest BCUT2D eigenvalue weighted by Gasteiger charge is -2.07. The molecule has 1 aromatic carbocycles. The Morgan fingerprint density at radius 3 is 2.83 bits per heavy atom. The molecule has 2 N–H and O–H groups in total. The maximum Gasteiger partial charge on any atom is 0.224 e. The largest absolute Gasteiger partial charge is 0.356 e. The number of rotatable bonds is 6. The fourth-order valence-electron chi connectivity index (χ4n) is 1.83. The van der Waals surface area contributed by atoms with E-state index in [9.17, 15) is 4.79 Å². The lowest BCUT2D eigenvalue weighted by atomic mass is 10.1. The molecule has 0 fully saturated rings. The van der Waals surface area contributed by atoms with Crippen molar-refractivity contribution in [3.05, 3.63) is 48.3 Å². The van der Waals surface area contributed by atoms with E-state index < -0.39 is 0 Å². The van der Waals surface area contributed by atoms with Crippen LogP contribution in [0.15, 0.2) is 47.7 Å². The molecule has 0 saturated carbocycles. The molecule has 1 amide bonds. The van der Waals surface area contributed by atoms with Crippen LogP contribution >= 0.6 is 0 Å². The van der Waals surface area contributed by atoms with Gasteiger partial charge in [-0.15, -0.1) is 0 Å². The third kappa shape index (κ3) is 4.14. The molecule has 0 saturated heterocycles.